The highest BCUT2D eigenvalue weighted by molar-refractivity contribution is 7.99. The van der Waals surface area contributed by atoms with Crippen molar-refractivity contribution < 1.29 is 5.11 Å². The average Bonchev–Trinajstić information content (AvgIpc) is 2.27. The number of nitrogens with two attached hydrogens (primary N) is 1. The summed E-state index contributed by atoms with van der Waals surface area (Å²) in [7, 11) is 0. The van der Waals surface area contributed by atoms with E-state index in [-0.39, 0.29) is 12.6 Å². The van der Waals surface area contributed by atoms with E-state index in [0.717, 1.165) is 24.2 Å². The van der Waals surface area contributed by atoms with E-state index < -0.39 is 0 Å². The lowest BCUT2D eigenvalue weighted by atomic mass is 10.0. The van der Waals surface area contributed by atoms with Crippen LogP contribution in [0.15, 0.2) is 29.2 Å². The van der Waals surface area contributed by atoms with E-state index in [4.69, 9.17) is 10.8 Å². The molecular weight excluding hydrogens is 206 g/mol. The van der Waals surface area contributed by atoms with Crippen molar-refractivity contribution in [3.8, 4) is 0 Å². The molecule has 84 valence electrons. The monoisotopic (exact) mass is 225 g/mol. The number of hydrogen-bond acceptors (Lipinski definition) is 3. The molecule has 0 aliphatic rings. The Hall–Kier alpha value is -0.510. The first-order valence-electron chi connectivity index (χ1n) is 5.37. The topological polar surface area (TPSA) is 46.2 Å². The van der Waals surface area contributed by atoms with Crippen molar-refractivity contribution in [3.63, 3.8) is 0 Å². The number of hydrogen-bond donors (Lipinski definition) is 2. The van der Waals surface area contributed by atoms with E-state index >= 15 is 0 Å². The fourth-order valence-electron chi connectivity index (χ4n) is 1.46. The number of aliphatic hydroxyl groups is 1. The van der Waals surface area contributed by atoms with E-state index in [0.29, 0.717) is 0 Å². The van der Waals surface area contributed by atoms with E-state index in [1.54, 1.807) is 0 Å². The third-order valence-electron chi connectivity index (χ3n) is 2.29. The van der Waals surface area contributed by atoms with Crippen molar-refractivity contribution in [1.29, 1.82) is 0 Å². The molecule has 0 saturated heterocycles. The summed E-state index contributed by atoms with van der Waals surface area (Å²) >= 11 is 1.83. The smallest absolute Gasteiger partial charge is 0.0431 e. The minimum atomic E-state index is 0.0535. The Kier molecular flexibility index (Phi) is 5.76. The quantitative estimate of drug-likeness (QED) is 0.731. The van der Waals surface area contributed by atoms with Gasteiger partial charge < -0.3 is 10.8 Å². The van der Waals surface area contributed by atoms with Gasteiger partial charge in [-0.05, 0) is 36.3 Å². The molecule has 0 fully saturated rings. The summed E-state index contributed by atoms with van der Waals surface area (Å²) in [6.07, 6.45) is 1.61. The van der Waals surface area contributed by atoms with Crippen LogP contribution in [0.4, 0.5) is 0 Å². The van der Waals surface area contributed by atoms with Crippen molar-refractivity contribution >= 4 is 11.8 Å². The van der Waals surface area contributed by atoms with Gasteiger partial charge in [0.2, 0.25) is 0 Å². The molecule has 2 nitrogen and oxygen atoms in total. The van der Waals surface area contributed by atoms with Crippen LogP contribution in [-0.2, 0) is 0 Å². The van der Waals surface area contributed by atoms with Crippen LogP contribution in [-0.4, -0.2) is 17.5 Å². The predicted octanol–water partition coefficient (Wildman–Crippen LogP) is 2.57. The molecule has 0 aliphatic heterocycles. The van der Waals surface area contributed by atoms with Gasteiger partial charge in [0.25, 0.3) is 0 Å². The summed E-state index contributed by atoms with van der Waals surface area (Å²) in [5.74, 6) is 1.09. The summed E-state index contributed by atoms with van der Waals surface area (Å²) in [5, 5.41) is 8.72. The molecule has 0 aromatic heterocycles. The largest absolute Gasteiger partial charge is 0.396 e. The minimum Gasteiger partial charge on any atom is -0.396 e. The maximum atomic E-state index is 8.72. The molecule has 0 aliphatic carbocycles. The number of benzene rings is 1. The molecule has 0 spiro atoms. The van der Waals surface area contributed by atoms with Crippen LogP contribution >= 0.6 is 11.8 Å². The molecule has 1 aromatic carbocycles. The molecule has 1 rings (SSSR count). The van der Waals surface area contributed by atoms with Gasteiger partial charge in [-0.1, -0.05) is 19.1 Å². The zero-order valence-electron chi connectivity index (χ0n) is 9.15. The molecule has 0 saturated carbocycles. The van der Waals surface area contributed by atoms with Gasteiger partial charge >= 0.3 is 0 Å². The lowest BCUT2D eigenvalue weighted by molar-refractivity contribution is 0.280. The van der Waals surface area contributed by atoms with Gasteiger partial charge in [0, 0.05) is 17.5 Å². The van der Waals surface area contributed by atoms with Crippen LogP contribution in [0.3, 0.4) is 0 Å². The second kappa shape index (κ2) is 6.88. The van der Waals surface area contributed by atoms with Crippen LogP contribution < -0.4 is 5.73 Å². The first-order chi connectivity index (χ1) is 7.27. The lowest BCUT2D eigenvalue weighted by Crippen LogP contribution is -2.10. The van der Waals surface area contributed by atoms with Crippen LogP contribution in [0, 0.1) is 0 Å². The van der Waals surface area contributed by atoms with Gasteiger partial charge in [0.05, 0.1) is 0 Å². The average molecular weight is 225 g/mol. The van der Waals surface area contributed by atoms with E-state index in [1.165, 1.54) is 4.90 Å². The third-order valence-corrected chi connectivity index (χ3v) is 3.19. The Bertz CT molecular complexity index is 273. The van der Waals surface area contributed by atoms with Crippen LogP contribution in [0.25, 0.3) is 0 Å². The molecule has 0 radical (unpaired) electrons. The van der Waals surface area contributed by atoms with Crippen molar-refractivity contribution in [3.05, 3.63) is 29.8 Å². The van der Waals surface area contributed by atoms with Gasteiger partial charge in [-0.2, -0.15) is 0 Å². The highest BCUT2D eigenvalue weighted by Gasteiger charge is 2.04. The summed E-state index contributed by atoms with van der Waals surface area (Å²) in [4.78, 5) is 1.29. The summed E-state index contributed by atoms with van der Waals surface area (Å²) < 4.78 is 0. The fraction of sp³-hybridized carbons (Fsp3) is 0.500. The molecule has 3 heteroatoms. The molecular formula is C12H19NOS. The third kappa shape index (κ3) is 4.24. The Balaban J connectivity index is 2.54. The zero-order chi connectivity index (χ0) is 11.1. The summed E-state index contributed by atoms with van der Waals surface area (Å²) in [6.45, 7) is 2.36. The SMILES string of the molecule is CCSc1ccc([C@@H](N)CCCO)cc1. The molecule has 15 heavy (non-hydrogen) atoms. The van der Waals surface area contributed by atoms with Gasteiger partial charge in [0.1, 0.15) is 0 Å². The highest BCUT2D eigenvalue weighted by atomic mass is 32.2. The number of aliphatic hydroxyl groups excluding tert-OH is 1. The van der Waals surface area contributed by atoms with Crippen LogP contribution in [0.2, 0.25) is 0 Å². The molecule has 0 bridgehead atoms. The normalized spacial score (nSPS) is 12.7. The van der Waals surface area contributed by atoms with Gasteiger partial charge in [-0.15, -0.1) is 11.8 Å². The molecule has 0 heterocycles. The van der Waals surface area contributed by atoms with Crippen molar-refractivity contribution in [2.45, 2.75) is 30.7 Å². The van der Waals surface area contributed by atoms with Gasteiger partial charge in [-0.3, -0.25) is 0 Å². The van der Waals surface area contributed by atoms with E-state index in [2.05, 4.69) is 31.2 Å². The molecule has 3 N–H and O–H groups in total. The van der Waals surface area contributed by atoms with Crippen molar-refractivity contribution in [2.75, 3.05) is 12.4 Å². The fourth-order valence-corrected chi connectivity index (χ4v) is 2.12. The van der Waals surface area contributed by atoms with Crippen molar-refractivity contribution in [2.24, 2.45) is 5.73 Å². The maximum absolute atomic E-state index is 8.72. The summed E-state index contributed by atoms with van der Waals surface area (Å²) in [5.41, 5.74) is 7.14. The first kappa shape index (κ1) is 12.6. The molecule has 1 aromatic rings. The molecule has 1 atom stereocenters. The highest BCUT2D eigenvalue weighted by Crippen LogP contribution is 2.21. The van der Waals surface area contributed by atoms with Crippen molar-refractivity contribution in [1.82, 2.24) is 0 Å². The Labute approximate surface area is 95.9 Å². The lowest BCUT2D eigenvalue weighted by Gasteiger charge is -2.11. The Morgan fingerprint density at radius 3 is 2.53 bits per heavy atom. The molecule has 0 amide bonds. The standard InChI is InChI=1S/C12H19NOS/c1-2-15-11-7-5-10(6-8-11)12(13)4-3-9-14/h5-8,12,14H,2-4,9,13H2,1H3/t12-/m0/s1. The van der Waals surface area contributed by atoms with E-state index in [1.807, 2.05) is 11.8 Å². The first-order valence-corrected chi connectivity index (χ1v) is 6.35. The van der Waals surface area contributed by atoms with Crippen LogP contribution in [0.1, 0.15) is 31.4 Å². The second-order valence-corrected chi connectivity index (χ2v) is 4.81. The van der Waals surface area contributed by atoms with E-state index in [9.17, 15) is 0 Å². The van der Waals surface area contributed by atoms with Gasteiger partial charge in [-0.25, -0.2) is 0 Å². The number of thioether (sulfide) groups is 1. The maximum Gasteiger partial charge on any atom is 0.0431 e. The van der Waals surface area contributed by atoms with Crippen LogP contribution in [0.5, 0.6) is 0 Å². The Morgan fingerprint density at radius 2 is 2.00 bits per heavy atom. The van der Waals surface area contributed by atoms with Gasteiger partial charge in [0.15, 0.2) is 0 Å². The summed E-state index contributed by atoms with van der Waals surface area (Å²) in [6, 6.07) is 8.45. The Morgan fingerprint density at radius 1 is 1.33 bits per heavy atom. The number of rotatable bonds is 6. The second-order valence-electron chi connectivity index (χ2n) is 3.47. The zero-order valence-corrected chi connectivity index (χ0v) is 9.96. The predicted molar refractivity (Wildman–Crippen MR) is 66.1 cm³/mol. The molecule has 0 unspecified atom stereocenters. The minimum absolute atomic E-state index is 0.0535.